The second-order valence-electron chi connectivity index (χ2n) is 2.79. The first-order valence-electron chi connectivity index (χ1n) is 4.27. The van der Waals surface area contributed by atoms with Crippen molar-refractivity contribution < 1.29 is 0 Å². The van der Waals surface area contributed by atoms with Gasteiger partial charge in [-0.25, -0.2) is 0 Å². The fraction of sp³-hybridized carbons (Fsp3) is 0.500. The lowest BCUT2D eigenvalue weighted by Crippen LogP contribution is -2.46. The van der Waals surface area contributed by atoms with Gasteiger partial charge in [-0.15, -0.1) is 11.6 Å². The van der Waals surface area contributed by atoms with Gasteiger partial charge >= 0.3 is 0 Å². The number of hydrogen-bond acceptors (Lipinski definition) is 3. The van der Waals surface area contributed by atoms with Crippen molar-refractivity contribution >= 4 is 23.3 Å². The zero-order valence-corrected chi connectivity index (χ0v) is 7.96. The Morgan fingerprint density at radius 2 is 2.54 bits per heavy atom. The molecule has 0 unspecified atom stereocenters. The minimum absolute atomic E-state index is 0.556. The molecule has 0 saturated heterocycles. The number of rotatable bonds is 2. The van der Waals surface area contributed by atoms with E-state index in [1.165, 1.54) is 0 Å². The van der Waals surface area contributed by atoms with Crippen LogP contribution >= 0.6 is 11.6 Å². The first kappa shape index (κ1) is 8.56. The molecule has 5 heteroatoms. The number of fused-ring (bicyclic) bond motifs is 1. The van der Waals surface area contributed by atoms with Gasteiger partial charge in [0.1, 0.15) is 11.7 Å². The third-order valence-electron chi connectivity index (χ3n) is 1.88. The second-order valence-corrected chi connectivity index (χ2v) is 3.17. The summed E-state index contributed by atoms with van der Waals surface area (Å²) in [7, 11) is 0. The van der Waals surface area contributed by atoms with Crippen LogP contribution in [0, 0.1) is 0 Å². The predicted octanol–water partition coefficient (Wildman–Crippen LogP) is 0.412. The molecular weight excluding hydrogens is 188 g/mol. The molecule has 2 aliphatic heterocycles. The van der Waals surface area contributed by atoms with E-state index in [9.17, 15) is 0 Å². The van der Waals surface area contributed by atoms with Crippen molar-refractivity contribution in [3.63, 3.8) is 0 Å². The van der Waals surface area contributed by atoms with Crippen LogP contribution in [0.5, 0.6) is 0 Å². The summed E-state index contributed by atoms with van der Waals surface area (Å²) in [6.07, 6.45) is 3.89. The van der Waals surface area contributed by atoms with Crippen LogP contribution in [-0.2, 0) is 0 Å². The molecule has 70 valence electrons. The van der Waals surface area contributed by atoms with Gasteiger partial charge in [-0.3, -0.25) is 20.4 Å². The van der Waals surface area contributed by atoms with E-state index in [4.69, 9.17) is 11.6 Å². The van der Waals surface area contributed by atoms with Crippen molar-refractivity contribution in [3.8, 4) is 0 Å². The Bertz CT molecular complexity index is 282. The summed E-state index contributed by atoms with van der Waals surface area (Å²) in [6, 6.07) is 0. The third kappa shape index (κ3) is 1.83. The molecule has 1 N–H and O–H groups in total. The molecule has 2 rings (SSSR count). The monoisotopic (exact) mass is 198 g/mol. The summed E-state index contributed by atoms with van der Waals surface area (Å²) in [5, 5.41) is 1.99. The number of hydrazine groups is 1. The van der Waals surface area contributed by atoms with Crippen molar-refractivity contribution in [2.75, 3.05) is 25.5 Å². The molecule has 2 aliphatic rings. The summed E-state index contributed by atoms with van der Waals surface area (Å²) < 4.78 is 0. The molecule has 0 aromatic carbocycles. The Morgan fingerprint density at radius 1 is 1.62 bits per heavy atom. The van der Waals surface area contributed by atoms with E-state index >= 15 is 0 Å². The van der Waals surface area contributed by atoms with Crippen LogP contribution in [0.15, 0.2) is 22.1 Å². The van der Waals surface area contributed by atoms with Crippen LogP contribution in [0.3, 0.4) is 0 Å². The minimum atomic E-state index is 0.556. The van der Waals surface area contributed by atoms with Crippen molar-refractivity contribution in [1.29, 1.82) is 0 Å². The van der Waals surface area contributed by atoms with Crippen LogP contribution < -0.4 is 5.43 Å². The zero-order valence-electron chi connectivity index (χ0n) is 7.20. The lowest BCUT2D eigenvalue weighted by atomic mass is 10.4. The molecule has 0 radical (unpaired) electrons. The quantitative estimate of drug-likeness (QED) is 0.653. The van der Waals surface area contributed by atoms with Gasteiger partial charge in [0.05, 0.1) is 19.6 Å². The summed E-state index contributed by atoms with van der Waals surface area (Å²) in [6.45, 7) is 2.42. The minimum Gasteiger partial charge on any atom is -0.281 e. The van der Waals surface area contributed by atoms with Gasteiger partial charge in [0, 0.05) is 5.88 Å². The highest BCUT2D eigenvalue weighted by Crippen LogP contribution is 2.04. The van der Waals surface area contributed by atoms with Gasteiger partial charge in [0.25, 0.3) is 0 Å². The van der Waals surface area contributed by atoms with E-state index in [0.29, 0.717) is 12.4 Å². The van der Waals surface area contributed by atoms with Crippen molar-refractivity contribution in [2.24, 2.45) is 9.98 Å². The van der Waals surface area contributed by atoms with Crippen LogP contribution in [-0.4, -0.2) is 42.2 Å². The number of aliphatic imine (C=N–C) groups is 2. The number of amidine groups is 2. The van der Waals surface area contributed by atoms with Gasteiger partial charge in [-0.1, -0.05) is 0 Å². The molecular formula is C8H11ClN4. The molecule has 2 heterocycles. The Hall–Kier alpha value is -1.03. The van der Waals surface area contributed by atoms with Gasteiger partial charge in [0.15, 0.2) is 0 Å². The van der Waals surface area contributed by atoms with Crippen molar-refractivity contribution in [1.82, 2.24) is 10.4 Å². The topological polar surface area (TPSA) is 40.0 Å². The highest BCUT2D eigenvalue weighted by molar-refractivity contribution is 6.18. The average Bonchev–Trinajstić information content (AvgIpc) is 2.61. The fourth-order valence-electron chi connectivity index (χ4n) is 1.30. The molecule has 0 aromatic rings. The number of alkyl halides is 1. The molecule has 0 amide bonds. The lowest BCUT2D eigenvalue weighted by molar-refractivity contribution is 0.411. The van der Waals surface area contributed by atoms with E-state index < -0.39 is 0 Å². The number of nitrogens with zero attached hydrogens (tertiary/aromatic N) is 3. The molecule has 0 aliphatic carbocycles. The van der Waals surface area contributed by atoms with E-state index in [-0.39, 0.29) is 0 Å². The van der Waals surface area contributed by atoms with Gasteiger partial charge < -0.3 is 0 Å². The van der Waals surface area contributed by atoms with Crippen LogP contribution in [0.1, 0.15) is 0 Å². The number of nitrogens with one attached hydrogen (secondary N) is 1. The average molecular weight is 199 g/mol. The number of hydrogen-bond donors (Lipinski definition) is 1. The van der Waals surface area contributed by atoms with Crippen LogP contribution in [0.2, 0.25) is 0 Å². The van der Waals surface area contributed by atoms with Crippen LogP contribution in [0.4, 0.5) is 0 Å². The molecule has 4 nitrogen and oxygen atoms in total. The molecule has 13 heavy (non-hydrogen) atoms. The molecule has 0 saturated carbocycles. The third-order valence-corrected chi connectivity index (χ3v) is 2.05. The zero-order chi connectivity index (χ0) is 9.10. The molecule has 0 aromatic heterocycles. The lowest BCUT2D eigenvalue weighted by Gasteiger charge is -2.23. The van der Waals surface area contributed by atoms with E-state index in [2.05, 4.69) is 15.4 Å². The Morgan fingerprint density at radius 3 is 3.38 bits per heavy atom. The summed E-state index contributed by atoms with van der Waals surface area (Å²) in [4.78, 5) is 8.54. The fourth-order valence-corrected chi connectivity index (χ4v) is 1.38. The maximum absolute atomic E-state index is 5.54. The highest BCUT2D eigenvalue weighted by Gasteiger charge is 2.18. The molecule has 0 bridgehead atoms. The summed E-state index contributed by atoms with van der Waals surface area (Å²) in [5.74, 6) is 2.41. The second kappa shape index (κ2) is 3.79. The first-order valence-corrected chi connectivity index (χ1v) is 4.81. The number of halogens is 1. The van der Waals surface area contributed by atoms with Crippen LogP contribution in [0.25, 0.3) is 0 Å². The normalized spacial score (nSPS) is 23.0. The van der Waals surface area contributed by atoms with E-state index in [1.54, 1.807) is 0 Å². The maximum atomic E-state index is 5.54. The first-order chi connectivity index (χ1) is 6.40. The van der Waals surface area contributed by atoms with Gasteiger partial charge in [-0.2, -0.15) is 0 Å². The SMILES string of the molecule is ClCCN=C1C=CC2=NCCN2N1. The summed E-state index contributed by atoms with van der Waals surface area (Å²) in [5.41, 5.74) is 3.16. The smallest absolute Gasteiger partial charge is 0.142 e. The standard InChI is InChI=1S/C8H11ClN4/c9-3-4-10-7-1-2-8-11-5-6-13(8)12-7/h1-2H,3-6H2,(H,10,12). The van der Waals surface area contributed by atoms with Gasteiger partial charge in [-0.05, 0) is 12.2 Å². The predicted molar refractivity (Wildman–Crippen MR) is 54.3 cm³/mol. The summed E-state index contributed by atoms with van der Waals surface area (Å²) >= 11 is 5.54. The molecule has 0 spiro atoms. The highest BCUT2D eigenvalue weighted by atomic mass is 35.5. The van der Waals surface area contributed by atoms with Crippen molar-refractivity contribution in [2.45, 2.75) is 0 Å². The largest absolute Gasteiger partial charge is 0.281 e. The molecule has 0 fully saturated rings. The Balaban J connectivity index is 2.05. The van der Waals surface area contributed by atoms with E-state index in [1.807, 2.05) is 17.2 Å². The van der Waals surface area contributed by atoms with Crippen molar-refractivity contribution in [3.05, 3.63) is 12.2 Å². The van der Waals surface area contributed by atoms with Gasteiger partial charge in [0.2, 0.25) is 0 Å². The Labute approximate surface area is 82.0 Å². The van der Waals surface area contributed by atoms with E-state index in [0.717, 1.165) is 24.8 Å². The Kier molecular flexibility index (Phi) is 2.49. The molecule has 0 atom stereocenters. The maximum Gasteiger partial charge on any atom is 0.142 e.